The third-order valence-corrected chi connectivity index (χ3v) is 3.72. The number of benzene rings is 1. The van der Waals surface area contributed by atoms with Gasteiger partial charge in [0.15, 0.2) is 5.65 Å². The molecule has 112 valence electrons. The average Bonchev–Trinajstić information content (AvgIpc) is 3.09. The number of hydrogen-bond acceptors (Lipinski definition) is 4. The maximum absolute atomic E-state index is 4.55. The van der Waals surface area contributed by atoms with Crippen LogP contribution in [0.5, 0.6) is 0 Å². The van der Waals surface area contributed by atoms with Crippen LogP contribution in [0.4, 0.5) is 0 Å². The largest absolute Gasteiger partial charge is 0.272 e. The predicted octanol–water partition coefficient (Wildman–Crippen LogP) is 3.13. The molecule has 0 saturated carbocycles. The summed E-state index contributed by atoms with van der Waals surface area (Å²) in [6.45, 7) is 0.837. The maximum atomic E-state index is 4.55. The van der Waals surface area contributed by atoms with Crippen LogP contribution < -0.4 is 0 Å². The average molecular weight is 301 g/mol. The van der Waals surface area contributed by atoms with Gasteiger partial charge in [-0.05, 0) is 24.1 Å². The van der Waals surface area contributed by atoms with E-state index in [2.05, 4.69) is 44.3 Å². The Labute approximate surface area is 133 Å². The molecule has 3 aromatic heterocycles. The molecular weight excluding hydrogens is 286 g/mol. The van der Waals surface area contributed by atoms with E-state index in [4.69, 9.17) is 0 Å². The molecule has 0 spiro atoms. The second-order valence-corrected chi connectivity index (χ2v) is 5.33. The number of aromatic nitrogens is 5. The molecule has 0 amide bonds. The van der Waals surface area contributed by atoms with Crippen LogP contribution in [0.25, 0.3) is 22.4 Å². The highest BCUT2D eigenvalue weighted by Gasteiger charge is 2.06. The van der Waals surface area contributed by atoms with E-state index in [0.29, 0.717) is 5.65 Å². The number of aryl methyl sites for hydroxylation is 2. The molecule has 4 rings (SSSR count). The van der Waals surface area contributed by atoms with Crippen LogP contribution in [0.15, 0.2) is 67.3 Å². The Balaban J connectivity index is 1.54. The van der Waals surface area contributed by atoms with E-state index in [1.165, 1.54) is 5.56 Å². The standard InChI is InChI=1S/C18H15N5/c1-2-5-14(6-3-1)8-10-23-13-15(11-21-23)17-12-20-16-7-4-9-19-18(16)22-17/h1-7,9,11-13H,8,10H2. The summed E-state index contributed by atoms with van der Waals surface area (Å²) in [7, 11) is 0. The lowest BCUT2D eigenvalue weighted by Gasteiger charge is -2.01. The second-order valence-electron chi connectivity index (χ2n) is 5.33. The Hall–Kier alpha value is -3.08. The summed E-state index contributed by atoms with van der Waals surface area (Å²) in [6.07, 6.45) is 8.27. The van der Waals surface area contributed by atoms with Gasteiger partial charge in [0, 0.05) is 24.5 Å². The fourth-order valence-corrected chi connectivity index (χ4v) is 2.49. The van der Waals surface area contributed by atoms with Crippen molar-refractivity contribution < 1.29 is 0 Å². The summed E-state index contributed by atoms with van der Waals surface area (Å²) in [5.74, 6) is 0. The van der Waals surface area contributed by atoms with E-state index in [1.54, 1.807) is 12.4 Å². The van der Waals surface area contributed by atoms with E-state index in [1.807, 2.05) is 35.3 Å². The molecule has 3 heterocycles. The minimum atomic E-state index is 0.655. The van der Waals surface area contributed by atoms with Crippen molar-refractivity contribution in [2.45, 2.75) is 13.0 Å². The van der Waals surface area contributed by atoms with Crippen molar-refractivity contribution in [1.82, 2.24) is 24.7 Å². The first-order valence-electron chi connectivity index (χ1n) is 7.53. The molecule has 1 aromatic carbocycles. The van der Waals surface area contributed by atoms with Crippen molar-refractivity contribution in [3.8, 4) is 11.3 Å². The van der Waals surface area contributed by atoms with Crippen molar-refractivity contribution in [3.63, 3.8) is 0 Å². The van der Waals surface area contributed by atoms with Crippen molar-refractivity contribution in [2.75, 3.05) is 0 Å². The highest BCUT2D eigenvalue weighted by molar-refractivity contribution is 5.72. The van der Waals surface area contributed by atoms with Gasteiger partial charge in [-0.15, -0.1) is 0 Å². The maximum Gasteiger partial charge on any atom is 0.178 e. The Morgan fingerprint density at radius 1 is 0.913 bits per heavy atom. The molecule has 0 aliphatic heterocycles. The molecule has 0 bridgehead atoms. The zero-order chi connectivity index (χ0) is 15.5. The first kappa shape index (κ1) is 13.6. The summed E-state index contributed by atoms with van der Waals surface area (Å²) in [4.78, 5) is 13.2. The topological polar surface area (TPSA) is 56.5 Å². The first-order valence-corrected chi connectivity index (χ1v) is 7.53. The fourth-order valence-electron chi connectivity index (χ4n) is 2.49. The van der Waals surface area contributed by atoms with E-state index < -0.39 is 0 Å². The molecule has 0 aliphatic carbocycles. The molecule has 23 heavy (non-hydrogen) atoms. The van der Waals surface area contributed by atoms with Gasteiger partial charge in [-0.2, -0.15) is 5.10 Å². The number of nitrogens with zero attached hydrogens (tertiary/aromatic N) is 5. The number of pyridine rings is 1. The van der Waals surface area contributed by atoms with Gasteiger partial charge in [-0.3, -0.25) is 9.67 Å². The van der Waals surface area contributed by atoms with E-state index in [0.717, 1.165) is 29.7 Å². The summed E-state index contributed by atoms with van der Waals surface area (Å²) >= 11 is 0. The SMILES string of the molecule is c1ccc(CCn2cc(-c3cnc4cccnc4n3)cn2)cc1. The molecule has 0 saturated heterocycles. The van der Waals surface area contributed by atoms with Crippen LogP contribution in [0.2, 0.25) is 0 Å². The van der Waals surface area contributed by atoms with E-state index in [-0.39, 0.29) is 0 Å². The number of rotatable bonds is 4. The highest BCUT2D eigenvalue weighted by Crippen LogP contribution is 2.17. The van der Waals surface area contributed by atoms with Crippen molar-refractivity contribution in [3.05, 3.63) is 72.8 Å². The molecule has 5 nitrogen and oxygen atoms in total. The van der Waals surface area contributed by atoms with Gasteiger partial charge in [0.25, 0.3) is 0 Å². The molecule has 0 fully saturated rings. The quantitative estimate of drug-likeness (QED) is 0.581. The van der Waals surface area contributed by atoms with Gasteiger partial charge in [0.1, 0.15) is 5.52 Å². The van der Waals surface area contributed by atoms with Crippen molar-refractivity contribution in [1.29, 1.82) is 0 Å². The van der Waals surface area contributed by atoms with Crippen LogP contribution in [-0.2, 0) is 13.0 Å². The Morgan fingerprint density at radius 3 is 2.74 bits per heavy atom. The Bertz CT molecular complexity index is 930. The Morgan fingerprint density at radius 2 is 1.83 bits per heavy atom. The molecule has 4 aromatic rings. The highest BCUT2D eigenvalue weighted by atomic mass is 15.3. The summed E-state index contributed by atoms with van der Waals surface area (Å²) < 4.78 is 1.94. The first-order chi connectivity index (χ1) is 11.4. The molecule has 0 radical (unpaired) electrons. The molecule has 0 aliphatic rings. The molecule has 5 heteroatoms. The lowest BCUT2D eigenvalue weighted by molar-refractivity contribution is 0.615. The van der Waals surface area contributed by atoms with E-state index in [9.17, 15) is 0 Å². The number of fused-ring (bicyclic) bond motifs is 1. The third kappa shape index (κ3) is 2.94. The molecule has 0 unspecified atom stereocenters. The molecule has 0 N–H and O–H groups in total. The summed E-state index contributed by atoms with van der Waals surface area (Å²) in [5.41, 5.74) is 4.51. The number of hydrogen-bond donors (Lipinski definition) is 0. The van der Waals surface area contributed by atoms with Gasteiger partial charge in [0.05, 0.1) is 18.1 Å². The smallest absolute Gasteiger partial charge is 0.178 e. The van der Waals surface area contributed by atoms with Crippen molar-refractivity contribution in [2.24, 2.45) is 0 Å². The van der Waals surface area contributed by atoms with Crippen LogP contribution >= 0.6 is 0 Å². The van der Waals surface area contributed by atoms with E-state index >= 15 is 0 Å². The minimum absolute atomic E-state index is 0.655. The van der Waals surface area contributed by atoms with Gasteiger partial charge in [-0.25, -0.2) is 9.97 Å². The second kappa shape index (κ2) is 5.96. The van der Waals surface area contributed by atoms with Crippen molar-refractivity contribution >= 4 is 11.2 Å². The van der Waals surface area contributed by atoms with Crippen LogP contribution in [0, 0.1) is 0 Å². The summed E-state index contributed by atoms with van der Waals surface area (Å²) in [6, 6.07) is 14.2. The van der Waals surface area contributed by atoms with Gasteiger partial charge in [-0.1, -0.05) is 30.3 Å². The van der Waals surface area contributed by atoms with Gasteiger partial charge < -0.3 is 0 Å². The van der Waals surface area contributed by atoms with Gasteiger partial charge >= 0.3 is 0 Å². The Kier molecular flexibility index (Phi) is 3.52. The normalized spacial score (nSPS) is 11.0. The van der Waals surface area contributed by atoms with Gasteiger partial charge in [0.2, 0.25) is 0 Å². The van der Waals surface area contributed by atoms with Crippen LogP contribution in [-0.4, -0.2) is 24.7 Å². The molecular formula is C18H15N5. The minimum Gasteiger partial charge on any atom is -0.272 e. The third-order valence-electron chi connectivity index (χ3n) is 3.72. The summed E-state index contributed by atoms with van der Waals surface area (Å²) in [5, 5.41) is 4.42. The molecule has 0 atom stereocenters. The fraction of sp³-hybridized carbons (Fsp3) is 0.111. The monoisotopic (exact) mass is 301 g/mol. The zero-order valence-corrected chi connectivity index (χ0v) is 12.5. The lowest BCUT2D eigenvalue weighted by atomic mass is 10.1. The zero-order valence-electron chi connectivity index (χ0n) is 12.5. The lowest BCUT2D eigenvalue weighted by Crippen LogP contribution is -2.01. The predicted molar refractivity (Wildman–Crippen MR) is 88.7 cm³/mol. The van der Waals surface area contributed by atoms with Crippen LogP contribution in [0.3, 0.4) is 0 Å². The van der Waals surface area contributed by atoms with Crippen LogP contribution in [0.1, 0.15) is 5.56 Å².